The van der Waals surface area contributed by atoms with Crippen molar-refractivity contribution in [2.75, 3.05) is 13.6 Å². The van der Waals surface area contributed by atoms with Crippen molar-refractivity contribution in [2.24, 2.45) is 0 Å². The molecular formula is C31H37N3O4S. The van der Waals surface area contributed by atoms with Gasteiger partial charge in [0.05, 0.1) is 11.4 Å². The van der Waals surface area contributed by atoms with E-state index in [4.69, 9.17) is 0 Å². The second-order valence-corrected chi connectivity index (χ2v) is 12.3. The van der Waals surface area contributed by atoms with E-state index in [-0.39, 0.29) is 29.9 Å². The van der Waals surface area contributed by atoms with E-state index in [2.05, 4.69) is 5.32 Å². The summed E-state index contributed by atoms with van der Waals surface area (Å²) in [5.41, 5.74) is 2.73. The summed E-state index contributed by atoms with van der Waals surface area (Å²) in [5, 5.41) is 3.17. The van der Waals surface area contributed by atoms with Gasteiger partial charge in [-0.3, -0.25) is 9.59 Å². The van der Waals surface area contributed by atoms with Crippen molar-refractivity contribution in [1.29, 1.82) is 0 Å². The van der Waals surface area contributed by atoms with Crippen molar-refractivity contribution in [1.82, 2.24) is 14.5 Å². The van der Waals surface area contributed by atoms with E-state index >= 15 is 0 Å². The van der Waals surface area contributed by atoms with Crippen LogP contribution in [0.4, 0.5) is 0 Å². The third-order valence-corrected chi connectivity index (χ3v) is 9.07. The maximum absolute atomic E-state index is 13.9. The van der Waals surface area contributed by atoms with E-state index in [0.29, 0.717) is 6.42 Å². The molecule has 2 amide bonds. The van der Waals surface area contributed by atoms with E-state index in [0.717, 1.165) is 46.7 Å². The molecule has 1 aliphatic carbocycles. The summed E-state index contributed by atoms with van der Waals surface area (Å²) >= 11 is 0. The van der Waals surface area contributed by atoms with E-state index in [1.807, 2.05) is 67.6 Å². The molecule has 1 N–H and O–H groups in total. The highest BCUT2D eigenvalue weighted by atomic mass is 32.2. The Bertz CT molecular complexity index is 1340. The lowest BCUT2D eigenvalue weighted by atomic mass is 10.0. The summed E-state index contributed by atoms with van der Waals surface area (Å²) in [6, 6.07) is 24.9. The zero-order chi connectivity index (χ0) is 27.8. The van der Waals surface area contributed by atoms with Crippen LogP contribution in [-0.4, -0.2) is 55.1 Å². The van der Waals surface area contributed by atoms with Crippen LogP contribution in [0.3, 0.4) is 0 Å². The molecule has 0 unspecified atom stereocenters. The summed E-state index contributed by atoms with van der Waals surface area (Å²) < 4.78 is 27.6. The number of hydrogen-bond donors (Lipinski definition) is 1. The normalized spacial score (nSPS) is 14.7. The number of hydrogen-bond acceptors (Lipinski definition) is 4. The number of sulfonamides is 1. The lowest BCUT2D eigenvalue weighted by Crippen LogP contribution is -2.54. The minimum Gasteiger partial charge on any atom is -0.352 e. The van der Waals surface area contributed by atoms with Gasteiger partial charge in [-0.2, -0.15) is 4.31 Å². The summed E-state index contributed by atoms with van der Waals surface area (Å²) in [4.78, 5) is 29.3. The molecule has 39 heavy (non-hydrogen) atoms. The molecule has 206 valence electrons. The molecule has 3 aromatic carbocycles. The Morgan fingerprint density at radius 2 is 1.44 bits per heavy atom. The zero-order valence-corrected chi connectivity index (χ0v) is 23.4. The van der Waals surface area contributed by atoms with Crippen LogP contribution in [-0.2, 0) is 32.6 Å². The molecular weight excluding hydrogens is 510 g/mol. The molecule has 0 heterocycles. The van der Waals surface area contributed by atoms with Crippen molar-refractivity contribution in [2.45, 2.75) is 62.6 Å². The zero-order valence-electron chi connectivity index (χ0n) is 22.6. The molecule has 0 aromatic heterocycles. The highest BCUT2D eigenvalue weighted by Gasteiger charge is 2.34. The molecule has 0 bridgehead atoms. The molecule has 7 nitrogen and oxygen atoms in total. The van der Waals surface area contributed by atoms with Crippen LogP contribution in [0.5, 0.6) is 0 Å². The van der Waals surface area contributed by atoms with Crippen LogP contribution in [0.15, 0.2) is 89.8 Å². The fourth-order valence-electron chi connectivity index (χ4n) is 4.96. The Hall–Kier alpha value is -3.49. The van der Waals surface area contributed by atoms with Crippen LogP contribution in [0, 0.1) is 6.92 Å². The van der Waals surface area contributed by atoms with Crippen molar-refractivity contribution in [3.05, 3.63) is 102 Å². The Labute approximate surface area is 231 Å². The number of carbonyl (C=O) groups is 2. The molecule has 0 radical (unpaired) electrons. The maximum Gasteiger partial charge on any atom is 0.243 e. The van der Waals surface area contributed by atoms with Crippen LogP contribution in [0.1, 0.15) is 42.4 Å². The lowest BCUT2D eigenvalue weighted by Gasteiger charge is -2.33. The number of nitrogens with one attached hydrogen (secondary N) is 1. The standard InChI is InChI=1S/C31H37N3O4S/c1-24-17-19-28(20-18-24)39(37,38)33(2)23-30(35)34(22-26-13-7-4-8-14-26)29(21-25-11-5-3-6-12-25)31(36)32-27-15-9-10-16-27/h3-8,11-14,17-20,27,29H,9-10,15-16,21-23H2,1-2H3,(H,32,36)/t29-/m0/s1. The van der Waals surface area contributed by atoms with Gasteiger partial charge in [0.1, 0.15) is 6.04 Å². The van der Waals surface area contributed by atoms with Gasteiger partial charge < -0.3 is 10.2 Å². The van der Waals surface area contributed by atoms with Gasteiger partial charge in [0.15, 0.2) is 0 Å². The van der Waals surface area contributed by atoms with Gasteiger partial charge in [0.2, 0.25) is 21.8 Å². The second kappa shape index (κ2) is 13.0. The largest absolute Gasteiger partial charge is 0.352 e. The average Bonchev–Trinajstić information content (AvgIpc) is 3.45. The summed E-state index contributed by atoms with van der Waals surface area (Å²) in [6.07, 6.45) is 4.32. The quantitative estimate of drug-likeness (QED) is 0.388. The number of likely N-dealkylation sites (N-methyl/N-ethyl adjacent to an activating group) is 1. The van der Waals surface area contributed by atoms with Gasteiger partial charge in [-0.25, -0.2) is 8.42 Å². The van der Waals surface area contributed by atoms with Gasteiger partial charge in [-0.15, -0.1) is 0 Å². The molecule has 1 fully saturated rings. The molecule has 8 heteroatoms. The first-order chi connectivity index (χ1) is 18.7. The van der Waals surface area contributed by atoms with E-state index in [9.17, 15) is 18.0 Å². The third-order valence-electron chi connectivity index (χ3n) is 7.26. The van der Waals surface area contributed by atoms with Gasteiger partial charge in [0, 0.05) is 26.1 Å². The smallest absolute Gasteiger partial charge is 0.243 e. The Morgan fingerprint density at radius 1 is 0.872 bits per heavy atom. The number of benzene rings is 3. The molecule has 3 aromatic rings. The molecule has 0 saturated heterocycles. The number of amides is 2. The first kappa shape index (κ1) is 28.5. The highest BCUT2D eigenvalue weighted by molar-refractivity contribution is 7.89. The van der Waals surface area contributed by atoms with Crippen molar-refractivity contribution in [3.8, 4) is 0 Å². The molecule has 1 aliphatic rings. The van der Waals surface area contributed by atoms with Gasteiger partial charge in [-0.05, 0) is 43.0 Å². The lowest BCUT2D eigenvalue weighted by molar-refractivity contribution is -0.141. The van der Waals surface area contributed by atoms with Crippen LogP contribution < -0.4 is 5.32 Å². The Morgan fingerprint density at radius 3 is 2.03 bits per heavy atom. The molecule has 1 saturated carbocycles. The van der Waals surface area contributed by atoms with E-state index in [1.54, 1.807) is 24.3 Å². The van der Waals surface area contributed by atoms with Crippen LogP contribution >= 0.6 is 0 Å². The molecule has 1 atom stereocenters. The van der Waals surface area contributed by atoms with Crippen molar-refractivity contribution in [3.63, 3.8) is 0 Å². The van der Waals surface area contributed by atoms with Crippen LogP contribution in [0.25, 0.3) is 0 Å². The van der Waals surface area contributed by atoms with E-state index in [1.165, 1.54) is 11.9 Å². The first-order valence-corrected chi connectivity index (χ1v) is 14.9. The van der Waals surface area contributed by atoms with Gasteiger partial charge >= 0.3 is 0 Å². The molecule has 0 spiro atoms. The summed E-state index contributed by atoms with van der Waals surface area (Å²) in [5.74, 6) is -0.640. The summed E-state index contributed by atoms with van der Waals surface area (Å²) in [7, 11) is -2.49. The fraction of sp³-hybridized carbons (Fsp3) is 0.355. The Balaban J connectivity index is 1.64. The third kappa shape index (κ3) is 7.55. The average molecular weight is 548 g/mol. The monoisotopic (exact) mass is 547 g/mol. The molecule has 0 aliphatic heterocycles. The first-order valence-electron chi connectivity index (χ1n) is 13.4. The predicted octanol–water partition coefficient (Wildman–Crippen LogP) is 4.31. The van der Waals surface area contributed by atoms with Gasteiger partial charge in [-0.1, -0.05) is 91.2 Å². The van der Waals surface area contributed by atoms with E-state index < -0.39 is 22.0 Å². The number of carbonyl (C=O) groups excluding carboxylic acids is 2. The highest BCUT2D eigenvalue weighted by Crippen LogP contribution is 2.21. The SMILES string of the molecule is Cc1ccc(S(=O)(=O)N(C)CC(=O)N(Cc2ccccc2)[C@@H](Cc2ccccc2)C(=O)NC2CCCC2)cc1. The number of rotatable bonds is 11. The minimum atomic E-state index is -3.90. The van der Waals surface area contributed by atoms with Crippen LogP contribution in [0.2, 0.25) is 0 Å². The number of nitrogens with zero attached hydrogens (tertiary/aromatic N) is 2. The predicted molar refractivity (Wildman–Crippen MR) is 152 cm³/mol. The van der Waals surface area contributed by atoms with Crippen molar-refractivity contribution >= 4 is 21.8 Å². The van der Waals surface area contributed by atoms with Gasteiger partial charge in [0.25, 0.3) is 0 Å². The van der Waals surface area contributed by atoms with Crippen molar-refractivity contribution < 1.29 is 18.0 Å². The minimum absolute atomic E-state index is 0.0917. The number of aryl methyl sites for hydroxylation is 1. The second-order valence-electron chi connectivity index (χ2n) is 10.3. The topological polar surface area (TPSA) is 86.8 Å². The molecule has 4 rings (SSSR count). The fourth-order valence-corrected chi connectivity index (χ4v) is 6.08. The Kier molecular flexibility index (Phi) is 9.54. The maximum atomic E-state index is 13.9. The summed E-state index contributed by atoms with van der Waals surface area (Å²) in [6.45, 7) is 1.69.